The first-order valence-corrected chi connectivity index (χ1v) is 12.1. The third-order valence-electron chi connectivity index (χ3n) is 4.59. The summed E-state index contributed by atoms with van der Waals surface area (Å²) in [6.07, 6.45) is -2.42. The van der Waals surface area contributed by atoms with Crippen LogP contribution in [0.5, 0.6) is 0 Å². The molecule has 1 unspecified atom stereocenters. The number of fused-ring (bicyclic) bond motifs is 1. The van der Waals surface area contributed by atoms with Crippen molar-refractivity contribution < 1.29 is 31.5 Å². The third kappa shape index (κ3) is 8.59. The van der Waals surface area contributed by atoms with Gasteiger partial charge in [-0.1, -0.05) is 6.07 Å². The highest BCUT2D eigenvalue weighted by Crippen LogP contribution is 2.21. The number of aliphatic carboxylic acids is 1. The fourth-order valence-electron chi connectivity index (χ4n) is 3.07. The van der Waals surface area contributed by atoms with Crippen LogP contribution in [0, 0.1) is 5.92 Å². The smallest absolute Gasteiger partial charge is 0.475 e. The number of carbonyl (C=O) groups is 1. The van der Waals surface area contributed by atoms with Crippen molar-refractivity contribution in [3.05, 3.63) is 40.3 Å². The number of alkyl halides is 3. The minimum absolute atomic E-state index is 0.130. The molecule has 0 amide bonds. The topological polar surface area (TPSA) is 105 Å². The Kier molecular flexibility index (Phi) is 9.03. The number of halogens is 3. The Labute approximate surface area is 182 Å². The van der Waals surface area contributed by atoms with Gasteiger partial charge < -0.3 is 5.11 Å². The van der Waals surface area contributed by atoms with Crippen LogP contribution in [0.15, 0.2) is 29.8 Å². The Morgan fingerprint density at radius 1 is 1.35 bits per heavy atom. The number of hydrogen-bond donors (Lipinski definition) is 2. The summed E-state index contributed by atoms with van der Waals surface area (Å²) in [7, 11) is -3.12. The monoisotopic (exact) mass is 482 g/mol. The molecule has 0 saturated heterocycles. The number of rotatable bonds is 7. The van der Waals surface area contributed by atoms with Crippen LogP contribution in [0.4, 0.5) is 13.2 Å². The zero-order valence-electron chi connectivity index (χ0n) is 16.9. The fourth-order valence-corrected chi connectivity index (χ4v) is 4.45. The molecule has 2 aromatic rings. The maximum Gasteiger partial charge on any atom is 0.490 e. The van der Waals surface area contributed by atoms with Crippen LogP contribution in [0.2, 0.25) is 0 Å². The van der Waals surface area contributed by atoms with Gasteiger partial charge in [0.2, 0.25) is 10.0 Å². The van der Waals surface area contributed by atoms with E-state index in [1.807, 2.05) is 6.20 Å². The average molecular weight is 483 g/mol. The van der Waals surface area contributed by atoms with E-state index in [9.17, 15) is 21.6 Å². The van der Waals surface area contributed by atoms with Crippen molar-refractivity contribution in [1.82, 2.24) is 19.4 Å². The van der Waals surface area contributed by atoms with Crippen molar-refractivity contribution in [1.29, 1.82) is 0 Å². The average Bonchev–Trinajstić information content (AvgIpc) is 3.31. The van der Waals surface area contributed by atoms with Gasteiger partial charge in [0.05, 0.1) is 11.4 Å². The van der Waals surface area contributed by atoms with Crippen molar-refractivity contribution in [2.75, 3.05) is 18.8 Å². The minimum Gasteiger partial charge on any atom is -0.475 e. The fraction of sp³-hybridized carbons (Fsp3) is 0.556. The zero-order chi connectivity index (χ0) is 23.1. The zero-order valence-corrected chi connectivity index (χ0v) is 18.5. The SMILES string of the molecule is CCS(=O)(=O)NCCC1CN(Cc2cccs2)Cc2ccnn2C1.O=C(O)C(F)(F)F. The quantitative estimate of drug-likeness (QED) is 0.629. The van der Waals surface area contributed by atoms with Crippen molar-refractivity contribution in [3.63, 3.8) is 0 Å². The number of nitrogens with zero attached hydrogens (tertiary/aromatic N) is 3. The van der Waals surface area contributed by atoms with Gasteiger partial charge >= 0.3 is 12.1 Å². The number of sulfonamides is 1. The molecule has 0 aliphatic carbocycles. The van der Waals surface area contributed by atoms with Gasteiger partial charge in [-0.25, -0.2) is 17.9 Å². The first-order chi connectivity index (χ1) is 14.5. The van der Waals surface area contributed by atoms with Crippen LogP contribution in [-0.4, -0.2) is 59.2 Å². The molecule has 0 saturated carbocycles. The van der Waals surface area contributed by atoms with E-state index < -0.39 is 22.2 Å². The molecule has 1 aliphatic rings. The lowest BCUT2D eigenvalue weighted by atomic mass is 10.1. The van der Waals surface area contributed by atoms with Crippen LogP contribution in [0.1, 0.15) is 23.9 Å². The van der Waals surface area contributed by atoms with Gasteiger partial charge in [-0.15, -0.1) is 11.3 Å². The van der Waals surface area contributed by atoms with Crippen LogP contribution >= 0.6 is 11.3 Å². The van der Waals surface area contributed by atoms with E-state index in [1.165, 1.54) is 10.6 Å². The Hall–Kier alpha value is -1.96. The molecule has 1 atom stereocenters. The van der Waals surface area contributed by atoms with Gasteiger partial charge in [-0.2, -0.15) is 18.3 Å². The molecule has 0 bridgehead atoms. The summed E-state index contributed by atoms with van der Waals surface area (Å²) in [6, 6.07) is 6.32. The number of carboxylic acids is 1. The first kappa shape index (κ1) is 25.3. The number of thiophene rings is 1. The summed E-state index contributed by atoms with van der Waals surface area (Å²) >= 11 is 1.78. The van der Waals surface area contributed by atoms with E-state index in [-0.39, 0.29) is 5.75 Å². The number of hydrogen-bond acceptors (Lipinski definition) is 6. The van der Waals surface area contributed by atoms with E-state index in [4.69, 9.17) is 9.90 Å². The maximum absolute atomic E-state index is 11.6. The Morgan fingerprint density at radius 3 is 2.65 bits per heavy atom. The van der Waals surface area contributed by atoms with Crippen molar-refractivity contribution in [2.24, 2.45) is 5.92 Å². The molecular weight excluding hydrogens is 457 g/mol. The number of carboxylic acid groups (broad SMARTS) is 1. The highest BCUT2D eigenvalue weighted by Gasteiger charge is 2.38. The van der Waals surface area contributed by atoms with Crippen LogP contribution in [0.3, 0.4) is 0 Å². The molecule has 0 spiro atoms. The van der Waals surface area contributed by atoms with E-state index >= 15 is 0 Å². The second kappa shape index (κ2) is 11.1. The molecule has 31 heavy (non-hydrogen) atoms. The molecule has 2 aromatic heterocycles. The van der Waals surface area contributed by atoms with Gasteiger partial charge in [-0.3, -0.25) is 9.58 Å². The summed E-state index contributed by atoms with van der Waals surface area (Å²) in [5.74, 6) is -2.25. The normalized spacial score (nSPS) is 17.4. The highest BCUT2D eigenvalue weighted by molar-refractivity contribution is 7.89. The largest absolute Gasteiger partial charge is 0.490 e. The van der Waals surface area contributed by atoms with Gasteiger partial charge in [0.15, 0.2) is 0 Å². The first-order valence-electron chi connectivity index (χ1n) is 9.53. The molecule has 3 rings (SSSR count). The Bertz CT molecular complexity index is 930. The lowest BCUT2D eigenvalue weighted by molar-refractivity contribution is -0.192. The van der Waals surface area contributed by atoms with Crippen molar-refractivity contribution in [2.45, 2.75) is 39.2 Å². The standard InChI is InChI=1S/C16H24N4O2S2.C2HF3O2/c1-2-24(21,22)18-8-5-14-10-19(13-16-4-3-9-23-16)12-15-6-7-17-20(15)11-14;3-2(4,5)1(6)7/h3-4,6-7,9,14,18H,2,5,8,10-13H2,1H3;(H,6,7). The van der Waals surface area contributed by atoms with Gasteiger partial charge in [0.25, 0.3) is 0 Å². The predicted octanol–water partition coefficient (Wildman–Crippen LogP) is 2.54. The van der Waals surface area contributed by atoms with Gasteiger partial charge in [0.1, 0.15) is 0 Å². The Morgan fingerprint density at radius 2 is 2.06 bits per heavy atom. The second-order valence-corrected chi connectivity index (χ2v) is 10.1. The minimum atomic E-state index is -5.08. The van der Waals surface area contributed by atoms with Crippen molar-refractivity contribution >= 4 is 27.3 Å². The van der Waals surface area contributed by atoms with E-state index in [0.717, 1.165) is 32.6 Å². The highest BCUT2D eigenvalue weighted by atomic mass is 32.2. The van der Waals surface area contributed by atoms with Gasteiger partial charge in [0, 0.05) is 43.8 Å². The number of nitrogens with one attached hydrogen (secondary N) is 1. The molecule has 3 heterocycles. The van der Waals surface area contributed by atoms with E-state index in [2.05, 4.69) is 43.0 Å². The molecule has 2 N–H and O–H groups in total. The van der Waals surface area contributed by atoms with Gasteiger partial charge in [-0.05, 0) is 36.8 Å². The van der Waals surface area contributed by atoms with Crippen LogP contribution in [0.25, 0.3) is 0 Å². The Balaban J connectivity index is 0.000000423. The predicted molar refractivity (Wildman–Crippen MR) is 110 cm³/mol. The van der Waals surface area contributed by atoms with Crippen molar-refractivity contribution in [3.8, 4) is 0 Å². The molecule has 0 fully saturated rings. The molecule has 13 heteroatoms. The lowest BCUT2D eigenvalue weighted by Crippen LogP contribution is -2.32. The van der Waals surface area contributed by atoms with Crippen LogP contribution in [-0.2, 0) is 34.5 Å². The molecule has 1 aliphatic heterocycles. The maximum atomic E-state index is 11.6. The molecular formula is C18H25F3N4O4S2. The summed E-state index contributed by atoms with van der Waals surface area (Å²) in [6.45, 7) is 5.76. The summed E-state index contributed by atoms with van der Waals surface area (Å²) in [5.41, 5.74) is 1.23. The summed E-state index contributed by atoms with van der Waals surface area (Å²) in [5, 5.41) is 13.7. The van der Waals surface area contributed by atoms with E-state index in [0.29, 0.717) is 12.5 Å². The lowest BCUT2D eigenvalue weighted by Gasteiger charge is -2.23. The van der Waals surface area contributed by atoms with E-state index in [1.54, 1.807) is 18.3 Å². The second-order valence-electron chi connectivity index (χ2n) is 7.01. The summed E-state index contributed by atoms with van der Waals surface area (Å²) in [4.78, 5) is 12.7. The molecule has 0 radical (unpaired) electrons. The molecule has 0 aromatic carbocycles. The van der Waals surface area contributed by atoms with Crippen LogP contribution < -0.4 is 4.72 Å². The third-order valence-corrected chi connectivity index (χ3v) is 6.86. The number of aromatic nitrogens is 2. The molecule has 8 nitrogen and oxygen atoms in total. The molecule has 174 valence electrons. The summed E-state index contributed by atoms with van der Waals surface area (Å²) < 4.78 is 59.7.